The van der Waals surface area contributed by atoms with Gasteiger partial charge in [0.2, 0.25) is 4.08 Å². The zero-order chi connectivity index (χ0) is 15.5. The van der Waals surface area contributed by atoms with Gasteiger partial charge < -0.3 is 5.11 Å². The van der Waals surface area contributed by atoms with Crippen LogP contribution in [0.1, 0.15) is 11.1 Å². The molecule has 0 aromatic heterocycles. The molecule has 2 rings (SSSR count). The van der Waals surface area contributed by atoms with Crippen molar-refractivity contribution in [1.29, 1.82) is 0 Å². The molecule has 0 bridgehead atoms. The lowest BCUT2D eigenvalue weighted by molar-refractivity contribution is -0.137. The van der Waals surface area contributed by atoms with Crippen LogP contribution in [0.5, 0.6) is 0 Å². The normalized spacial score (nSPS) is 15.1. The Morgan fingerprint density at radius 1 is 1.10 bits per heavy atom. The Bertz CT molecular complexity index is 637. The fraction of sp³-hybridized carbons (Fsp3) is 0.188. The van der Waals surface area contributed by atoms with Gasteiger partial charge in [0.25, 0.3) is 0 Å². The van der Waals surface area contributed by atoms with E-state index in [1.165, 1.54) is 6.26 Å². The molecule has 21 heavy (non-hydrogen) atoms. The van der Waals surface area contributed by atoms with Crippen LogP contribution in [0.3, 0.4) is 0 Å². The van der Waals surface area contributed by atoms with E-state index in [2.05, 4.69) is 0 Å². The van der Waals surface area contributed by atoms with Crippen molar-refractivity contribution >= 4 is 28.5 Å². The Labute approximate surface area is 130 Å². The summed E-state index contributed by atoms with van der Waals surface area (Å²) in [6, 6.07) is 16.3. The van der Waals surface area contributed by atoms with Gasteiger partial charge in [-0.05, 0) is 24.6 Å². The number of rotatable bonds is 5. The van der Waals surface area contributed by atoms with Crippen LogP contribution in [-0.2, 0) is 19.7 Å². The summed E-state index contributed by atoms with van der Waals surface area (Å²) in [5, 5.41) is 9.76. The Kier molecular flexibility index (Phi) is 4.85. The maximum atomic E-state index is 12.3. The van der Waals surface area contributed by atoms with Crippen LogP contribution in [0, 0.1) is 6.92 Å². The minimum absolute atomic E-state index is 0.537. The van der Waals surface area contributed by atoms with E-state index in [1.54, 1.807) is 12.1 Å². The molecule has 0 saturated heterocycles. The molecule has 2 atom stereocenters. The number of thioether (sulfide) groups is 1. The first-order valence-electron chi connectivity index (χ1n) is 6.35. The molecule has 3 nitrogen and oxygen atoms in total. The lowest BCUT2D eigenvalue weighted by Crippen LogP contribution is -2.36. The molecular weight excluding hydrogens is 304 g/mol. The minimum Gasteiger partial charge on any atom is -0.479 e. The third kappa shape index (κ3) is 3.19. The van der Waals surface area contributed by atoms with Crippen LogP contribution in [0.4, 0.5) is 0 Å². The van der Waals surface area contributed by atoms with Crippen LogP contribution in [-0.4, -0.2) is 21.5 Å². The monoisotopic (exact) mass is 320 g/mol. The van der Waals surface area contributed by atoms with E-state index in [0.29, 0.717) is 5.56 Å². The van der Waals surface area contributed by atoms with E-state index in [1.807, 2.05) is 49.4 Å². The lowest BCUT2D eigenvalue weighted by atomic mass is 10.1. The molecule has 0 saturated carbocycles. The zero-order valence-corrected chi connectivity index (χ0v) is 13.4. The molecule has 2 aromatic carbocycles. The molecule has 0 amide bonds. The van der Waals surface area contributed by atoms with Crippen molar-refractivity contribution in [3.63, 3.8) is 0 Å². The molecule has 2 aromatic rings. The van der Waals surface area contributed by atoms with Crippen molar-refractivity contribution in [2.75, 3.05) is 6.26 Å². The van der Waals surface area contributed by atoms with Gasteiger partial charge in [0.05, 0.1) is 10.8 Å². The van der Waals surface area contributed by atoms with Crippen LogP contribution in [0.2, 0.25) is 0 Å². The first-order chi connectivity index (χ1) is 9.96. The van der Waals surface area contributed by atoms with Crippen molar-refractivity contribution in [3.8, 4) is 0 Å². The van der Waals surface area contributed by atoms with E-state index >= 15 is 0 Å². The number of carbonyl (C=O) groups is 1. The van der Waals surface area contributed by atoms with Gasteiger partial charge in [-0.2, -0.15) is 0 Å². The number of aryl methyl sites for hydroxylation is 1. The number of hydrogen-bond acceptors (Lipinski definition) is 3. The quantitative estimate of drug-likeness (QED) is 0.858. The van der Waals surface area contributed by atoms with Gasteiger partial charge in [0, 0.05) is 11.2 Å². The van der Waals surface area contributed by atoms with Crippen LogP contribution < -0.4 is 0 Å². The van der Waals surface area contributed by atoms with Crippen LogP contribution in [0.25, 0.3) is 0 Å². The predicted molar refractivity (Wildman–Crippen MR) is 86.9 cm³/mol. The molecule has 0 heterocycles. The highest BCUT2D eigenvalue weighted by Gasteiger charge is 2.46. The predicted octanol–water partition coefficient (Wildman–Crippen LogP) is 3.40. The molecule has 5 heteroatoms. The topological polar surface area (TPSA) is 54.4 Å². The smallest absolute Gasteiger partial charge is 0.337 e. The van der Waals surface area contributed by atoms with E-state index in [-0.39, 0.29) is 0 Å². The summed E-state index contributed by atoms with van der Waals surface area (Å²) in [5.74, 6) is -1.10. The second-order valence-corrected chi connectivity index (χ2v) is 7.72. The number of benzene rings is 2. The fourth-order valence-corrected chi connectivity index (χ4v) is 4.44. The second-order valence-electron chi connectivity index (χ2n) is 4.66. The van der Waals surface area contributed by atoms with Crippen molar-refractivity contribution in [2.45, 2.75) is 15.9 Å². The third-order valence-corrected chi connectivity index (χ3v) is 6.50. The number of hydrogen-bond donors (Lipinski definition) is 1. The number of aliphatic carboxylic acids is 1. The van der Waals surface area contributed by atoms with Crippen LogP contribution in [0.15, 0.2) is 59.5 Å². The van der Waals surface area contributed by atoms with E-state index in [9.17, 15) is 14.1 Å². The molecule has 0 fully saturated rings. The van der Waals surface area contributed by atoms with Gasteiger partial charge in [0.1, 0.15) is 0 Å². The summed E-state index contributed by atoms with van der Waals surface area (Å²) in [5.41, 5.74) is 1.57. The van der Waals surface area contributed by atoms with E-state index < -0.39 is 20.8 Å². The van der Waals surface area contributed by atoms with Gasteiger partial charge >= 0.3 is 5.97 Å². The molecular formula is C16H16O3S2. The van der Waals surface area contributed by atoms with E-state index in [4.69, 9.17) is 0 Å². The molecule has 0 radical (unpaired) electrons. The summed E-state index contributed by atoms with van der Waals surface area (Å²) < 4.78 is 10.8. The molecule has 1 N–H and O–H groups in total. The van der Waals surface area contributed by atoms with Gasteiger partial charge in [-0.1, -0.05) is 59.8 Å². The maximum absolute atomic E-state index is 12.3. The molecule has 0 spiro atoms. The number of carboxylic acids is 1. The van der Waals surface area contributed by atoms with E-state index in [0.717, 1.165) is 22.2 Å². The van der Waals surface area contributed by atoms with Crippen LogP contribution >= 0.6 is 11.8 Å². The molecule has 0 aliphatic carbocycles. The maximum Gasteiger partial charge on any atom is 0.337 e. The van der Waals surface area contributed by atoms with Crippen molar-refractivity contribution in [1.82, 2.24) is 0 Å². The first kappa shape index (κ1) is 15.8. The highest BCUT2D eigenvalue weighted by atomic mass is 32.2. The highest BCUT2D eigenvalue weighted by molar-refractivity contribution is 8.12. The highest BCUT2D eigenvalue weighted by Crippen LogP contribution is 2.44. The van der Waals surface area contributed by atoms with Gasteiger partial charge in [0.15, 0.2) is 0 Å². The molecule has 0 aliphatic rings. The third-order valence-electron chi connectivity index (χ3n) is 3.12. The average Bonchev–Trinajstić information content (AvgIpc) is 2.46. The average molecular weight is 320 g/mol. The Hall–Kier alpha value is -1.59. The summed E-state index contributed by atoms with van der Waals surface area (Å²) in [7, 11) is -1.59. The standard InChI is InChI=1S/C16H16O3S2/c1-12-8-10-13(11-9-12)16(15(17)18,21(2)19)20-14-6-4-3-5-7-14/h3-11H,1-2H3,(H,17,18). The Balaban J connectivity index is 2.56. The minimum atomic E-state index is -1.59. The summed E-state index contributed by atoms with van der Waals surface area (Å²) in [6.07, 6.45) is 1.43. The fourth-order valence-electron chi connectivity index (χ4n) is 2.00. The molecule has 110 valence electrons. The zero-order valence-electron chi connectivity index (χ0n) is 11.8. The summed E-state index contributed by atoms with van der Waals surface area (Å²) in [4.78, 5) is 12.7. The first-order valence-corrected chi connectivity index (χ1v) is 8.72. The summed E-state index contributed by atoms with van der Waals surface area (Å²) >= 11 is 1.11. The van der Waals surface area contributed by atoms with Gasteiger partial charge in [-0.3, -0.25) is 4.21 Å². The summed E-state index contributed by atoms with van der Waals surface area (Å²) in [6.45, 7) is 1.93. The van der Waals surface area contributed by atoms with Crippen molar-refractivity contribution in [2.24, 2.45) is 0 Å². The van der Waals surface area contributed by atoms with Crippen molar-refractivity contribution < 1.29 is 14.1 Å². The Morgan fingerprint density at radius 2 is 1.67 bits per heavy atom. The van der Waals surface area contributed by atoms with Gasteiger partial charge in [-0.25, -0.2) is 4.79 Å². The second kappa shape index (κ2) is 6.45. The number of carboxylic acid groups (broad SMARTS) is 1. The van der Waals surface area contributed by atoms with Crippen molar-refractivity contribution in [3.05, 3.63) is 65.7 Å². The largest absolute Gasteiger partial charge is 0.479 e. The SMILES string of the molecule is Cc1ccc(C(Sc2ccccc2)(C(=O)O)S(C)=O)cc1. The Morgan fingerprint density at radius 3 is 2.14 bits per heavy atom. The lowest BCUT2D eigenvalue weighted by Gasteiger charge is -2.27. The molecule has 0 aliphatic heterocycles. The van der Waals surface area contributed by atoms with Gasteiger partial charge in [-0.15, -0.1) is 0 Å². The molecule has 2 unspecified atom stereocenters.